The summed E-state index contributed by atoms with van der Waals surface area (Å²) in [5, 5.41) is 5.92. The van der Waals surface area contributed by atoms with E-state index in [1.807, 2.05) is 0 Å². The molecule has 4 rings (SSSR count). The van der Waals surface area contributed by atoms with E-state index in [1.165, 1.54) is 43.2 Å². The van der Waals surface area contributed by atoms with Gasteiger partial charge in [0.15, 0.2) is 5.13 Å². The Morgan fingerprint density at radius 3 is 3.04 bits per heavy atom. The molecule has 2 fully saturated rings. The smallest absolute Gasteiger partial charge is 0.263 e. The maximum absolute atomic E-state index is 12.5. The van der Waals surface area contributed by atoms with E-state index in [0.717, 1.165) is 18.8 Å². The highest BCUT2D eigenvalue weighted by molar-refractivity contribution is 7.93. The fourth-order valence-electron chi connectivity index (χ4n) is 4.39. The van der Waals surface area contributed by atoms with Gasteiger partial charge in [-0.3, -0.25) is 9.62 Å². The number of nitrogens with one attached hydrogen (secondary N) is 2. The number of benzene rings is 1. The van der Waals surface area contributed by atoms with Crippen molar-refractivity contribution >= 4 is 43.8 Å². The van der Waals surface area contributed by atoms with Gasteiger partial charge in [0.25, 0.3) is 10.0 Å². The minimum atomic E-state index is -3.70. The molecule has 27 heavy (non-hydrogen) atoms. The van der Waals surface area contributed by atoms with E-state index < -0.39 is 10.0 Å². The molecule has 2 aliphatic rings. The van der Waals surface area contributed by atoms with Crippen LogP contribution < -0.4 is 10.0 Å². The van der Waals surface area contributed by atoms with Crippen LogP contribution in [0.2, 0.25) is 5.02 Å². The molecule has 0 saturated carbocycles. The summed E-state index contributed by atoms with van der Waals surface area (Å²) in [6.45, 7) is 5.47. The number of thiazole rings is 1. The summed E-state index contributed by atoms with van der Waals surface area (Å²) >= 11 is 7.62. The average molecular weight is 427 g/mol. The Hall–Kier alpha value is -1.35. The zero-order valence-electron chi connectivity index (χ0n) is 15.1. The molecular formula is C18H23ClN4O2S2. The molecule has 6 nitrogen and oxygen atoms in total. The molecule has 0 bridgehead atoms. The Kier molecular flexibility index (Phi) is 5.09. The maximum Gasteiger partial charge on any atom is 0.263 e. The fraction of sp³-hybridized carbons (Fsp3) is 0.500. The van der Waals surface area contributed by atoms with Crippen molar-refractivity contribution in [1.82, 2.24) is 9.88 Å². The Morgan fingerprint density at radius 1 is 1.44 bits per heavy atom. The zero-order chi connectivity index (χ0) is 19.1. The molecule has 1 aromatic carbocycles. The largest absolute Gasteiger partial charge is 0.382 e. The van der Waals surface area contributed by atoms with Gasteiger partial charge in [0.1, 0.15) is 0 Å². The average Bonchev–Trinajstić information content (AvgIpc) is 3.29. The van der Waals surface area contributed by atoms with E-state index in [1.54, 1.807) is 23.7 Å². The van der Waals surface area contributed by atoms with Crippen LogP contribution in [-0.4, -0.2) is 43.5 Å². The normalized spacial score (nSPS) is 25.5. The molecule has 9 heteroatoms. The lowest BCUT2D eigenvalue weighted by Crippen LogP contribution is -2.44. The lowest BCUT2D eigenvalue weighted by atomic mass is 9.90. The number of anilines is 2. The van der Waals surface area contributed by atoms with Crippen molar-refractivity contribution in [2.45, 2.75) is 36.6 Å². The topological polar surface area (TPSA) is 74.3 Å². The minimum absolute atomic E-state index is 0.128. The molecule has 0 aliphatic carbocycles. The quantitative estimate of drug-likeness (QED) is 0.733. The van der Waals surface area contributed by atoms with Crippen LogP contribution in [0, 0.1) is 5.92 Å². The van der Waals surface area contributed by atoms with Crippen LogP contribution in [0.3, 0.4) is 0 Å². The molecule has 0 amide bonds. The summed E-state index contributed by atoms with van der Waals surface area (Å²) in [7, 11) is -3.70. The van der Waals surface area contributed by atoms with Gasteiger partial charge in [0, 0.05) is 30.2 Å². The van der Waals surface area contributed by atoms with Gasteiger partial charge in [0.05, 0.1) is 15.6 Å². The standard InChI is InChI=1S/C18H23ClN4O2S2/c1-13-10-18(5-2-7-23(18)11-13)12-21-16-4-3-14(9-15(16)19)27(24,25)22-17-20-6-8-26-17/h3-4,6,8-9,13,21H,2,5,7,10-12H2,1H3,(H,20,22)/t13-,18+/m1/s1. The number of hydrogen-bond donors (Lipinski definition) is 2. The molecule has 0 unspecified atom stereocenters. The first-order valence-electron chi connectivity index (χ1n) is 9.09. The van der Waals surface area contributed by atoms with E-state index in [9.17, 15) is 8.42 Å². The van der Waals surface area contributed by atoms with Crippen LogP contribution >= 0.6 is 22.9 Å². The third-order valence-corrected chi connectivity index (χ3v) is 7.98. The molecule has 2 atom stereocenters. The fourth-order valence-corrected chi connectivity index (χ4v) is 6.51. The first-order chi connectivity index (χ1) is 12.9. The summed E-state index contributed by atoms with van der Waals surface area (Å²) < 4.78 is 27.4. The van der Waals surface area contributed by atoms with Gasteiger partial charge < -0.3 is 5.32 Å². The van der Waals surface area contributed by atoms with Crippen molar-refractivity contribution < 1.29 is 8.42 Å². The van der Waals surface area contributed by atoms with Gasteiger partial charge in [-0.05, 0) is 49.9 Å². The number of nitrogens with zero attached hydrogens (tertiary/aromatic N) is 2. The molecule has 2 saturated heterocycles. The highest BCUT2D eigenvalue weighted by Crippen LogP contribution is 2.41. The van der Waals surface area contributed by atoms with Crippen LogP contribution in [0.4, 0.5) is 10.8 Å². The summed E-state index contributed by atoms with van der Waals surface area (Å²) in [6.07, 6.45) is 5.19. The van der Waals surface area contributed by atoms with Crippen LogP contribution in [0.1, 0.15) is 26.2 Å². The summed E-state index contributed by atoms with van der Waals surface area (Å²) in [6, 6.07) is 4.81. The lowest BCUT2D eigenvalue weighted by Gasteiger charge is -2.32. The Balaban J connectivity index is 1.47. The second kappa shape index (κ2) is 7.24. The van der Waals surface area contributed by atoms with Gasteiger partial charge >= 0.3 is 0 Å². The highest BCUT2D eigenvalue weighted by atomic mass is 35.5. The van der Waals surface area contributed by atoms with Crippen molar-refractivity contribution in [2.24, 2.45) is 5.92 Å². The van der Waals surface area contributed by atoms with Crippen molar-refractivity contribution in [3.63, 3.8) is 0 Å². The number of aromatic nitrogens is 1. The van der Waals surface area contributed by atoms with Crippen molar-refractivity contribution in [3.05, 3.63) is 34.8 Å². The Morgan fingerprint density at radius 2 is 2.30 bits per heavy atom. The van der Waals surface area contributed by atoms with Gasteiger partial charge in [-0.1, -0.05) is 18.5 Å². The predicted octanol–water partition coefficient (Wildman–Crippen LogP) is 3.88. The molecule has 3 heterocycles. The minimum Gasteiger partial charge on any atom is -0.382 e. The number of hydrogen-bond acceptors (Lipinski definition) is 6. The van der Waals surface area contributed by atoms with E-state index in [4.69, 9.17) is 11.6 Å². The molecule has 2 N–H and O–H groups in total. The van der Waals surface area contributed by atoms with Crippen LogP contribution in [0.25, 0.3) is 0 Å². The SMILES string of the molecule is C[C@H]1CN2CCC[C@@]2(CNc2ccc(S(=O)(=O)Nc3nccs3)cc2Cl)C1. The van der Waals surface area contributed by atoms with Crippen LogP contribution in [0.5, 0.6) is 0 Å². The first kappa shape index (κ1) is 19.0. The molecular weight excluding hydrogens is 404 g/mol. The summed E-state index contributed by atoms with van der Waals surface area (Å²) in [5.74, 6) is 0.715. The van der Waals surface area contributed by atoms with E-state index in [0.29, 0.717) is 16.1 Å². The van der Waals surface area contributed by atoms with Crippen LogP contribution in [0.15, 0.2) is 34.7 Å². The van der Waals surface area contributed by atoms with Crippen molar-refractivity contribution in [2.75, 3.05) is 29.7 Å². The van der Waals surface area contributed by atoms with Gasteiger partial charge in [-0.25, -0.2) is 13.4 Å². The second-order valence-electron chi connectivity index (χ2n) is 7.52. The van der Waals surface area contributed by atoms with Gasteiger partial charge in [-0.15, -0.1) is 11.3 Å². The Bertz CT molecular complexity index is 919. The maximum atomic E-state index is 12.5. The molecule has 1 aromatic heterocycles. The molecule has 2 aliphatic heterocycles. The summed E-state index contributed by atoms with van der Waals surface area (Å²) in [5.41, 5.74) is 0.977. The lowest BCUT2D eigenvalue weighted by molar-refractivity contribution is 0.209. The monoisotopic (exact) mass is 426 g/mol. The highest BCUT2D eigenvalue weighted by Gasteiger charge is 2.46. The molecule has 0 spiro atoms. The number of fused-ring (bicyclic) bond motifs is 1. The van der Waals surface area contributed by atoms with Gasteiger partial charge in [0.2, 0.25) is 0 Å². The molecule has 0 radical (unpaired) electrons. The third kappa shape index (κ3) is 3.81. The first-order valence-corrected chi connectivity index (χ1v) is 11.8. The van der Waals surface area contributed by atoms with Crippen molar-refractivity contribution in [1.29, 1.82) is 0 Å². The van der Waals surface area contributed by atoms with Crippen molar-refractivity contribution in [3.8, 4) is 0 Å². The van der Waals surface area contributed by atoms with E-state index >= 15 is 0 Å². The number of sulfonamides is 1. The Labute approximate surface area is 169 Å². The van der Waals surface area contributed by atoms with Gasteiger partial charge in [-0.2, -0.15) is 0 Å². The zero-order valence-corrected chi connectivity index (χ0v) is 17.5. The summed E-state index contributed by atoms with van der Waals surface area (Å²) in [4.78, 5) is 6.68. The number of halogens is 1. The predicted molar refractivity (Wildman–Crippen MR) is 110 cm³/mol. The molecule has 2 aromatic rings. The van der Waals surface area contributed by atoms with E-state index in [-0.39, 0.29) is 10.4 Å². The third-order valence-electron chi connectivity index (χ3n) is 5.51. The van der Waals surface area contributed by atoms with Crippen LogP contribution in [-0.2, 0) is 10.0 Å². The number of rotatable bonds is 6. The van der Waals surface area contributed by atoms with E-state index in [2.05, 4.69) is 26.8 Å². The second-order valence-corrected chi connectivity index (χ2v) is 10.5. The molecule has 146 valence electrons.